The summed E-state index contributed by atoms with van der Waals surface area (Å²) in [7, 11) is 0. The number of rotatable bonds is 1. The minimum absolute atomic E-state index is 0.0526. The molecule has 0 spiro atoms. The second kappa shape index (κ2) is 4.48. The van der Waals surface area contributed by atoms with Crippen LogP contribution < -0.4 is 5.32 Å². The van der Waals surface area contributed by atoms with Crippen LogP contribution in [0.5, 0.6) is 0 Å². The van der Waals surface area contributed by atoms with E-state index in [1.165, 1.54) is 0 Å². The summed E-state index contributed by atoms with van der Waals surface area (Å²) in [5.41, 5.74) is 0.885. The molecule has 1 amide bonds. The third kappa shape index (κ3) is 2.03. The van der Waals surface area contributed by atoms with Gasteiger partial charge >= 0.3 is 0 Å². The normalized spacial score (nSPS) is 18.6. The molecule has 1 aromatic heterocycles. The monoisotopic (exact) mass is 325 g/mol. The summed E-state index contributed by atoms with van der Waals surface area (Å²) in [6, 6.07) is 9.93. The second-order valence-corrected chi connectivity index (χ2v) is 6.60. The van der Waals surface area contributed by atoms with Crippen molar-refractivity contribution in [1.82, 2.24) is 0 Å². The molecule has 2 aromatic rings. The Morgan fingerprint density at radius 3 is 2.88 bits per heavy atom. The van der Waals surface area contributed by atoms with Gasteiger partial charge < -0.3 is 5.32 Å². The standard InChI is InChI=1S/C12H8BrNOS2/c13-7-3-1-4-8-10(7)14-12(15)11(17-8)9-5-2-6-16-9/h1-6,11H,(H,14,15). The van der Waals surface area contributed by atoms with Gasteiger partial charge in [-0.25, -0.2) is 0 Å². The smallest absolute Gasteiger partial charge is 0.243 e. The molecule has 1 N–H and O–H groups in total. The first-order valence-corrected chi connectivity index (χ1v) is 7.60. The molecule has 86 valence electrons. The lowest BCUT2D eigenvalue weighted by Crippen LogP contribution is -2.22. The summed E-state index contributed by atoms with van der Waals surface area (Å²) in [6.07, 6.45) is 0. The zero-order valence-electron chi connectivity index (χ0n) is 8.64. The van der Waals surface area contributed by atoms with Crippen molar-refractivity contribution < 1.29 is 4.79 Å². The van der Waals surface area contributed by atoms with Crippen molar-refractivity contribution in [2.75, 3.05) is 5.32 Å². The predicted molar refractivity (Wildman–Crippen MR) is 75.7 cm³/mol. The van der Waals surface area contributed by atoms with Gasteiger partial charge in [0, 0.05) is 14.2 Å². The van der Waals surface area contributed by atoms with Gasteiger partial charge in [-0.15, -0.1) is 23.1 Å². The van der Waals surface area contributed by atoms with Crippen LogP contribution in [0, 0.1) is 0 Å². The number of carbonyl (C=O) groups is 1. The average molecular weight is 326 g/mol. The number of thiophene rings is 1. The minimum Gasteiger partial charge on any atom is -0.323 e. The third-order valence-corrected chi connectivity index (χ3v) is 5.55. The first-order valence-electron chi connectivity index (χ1n) is 5.05. The van der Waals surface area contributed by atoms with E-state index in [0.29, 0.717) is 0 Å². The largest absolute Gasteiger partial charge is 0.323 e. The Kier molecular flexibility index (Phi) is 2.98. The van der Waals surface area contributed by atoms with Crippen LogP contribution in [0.4, 0.5) is 5.69 Å². The maximum Gasteiger partial charge on any atom is 0.243 e. The average Bonchev–Trinajstić information content (AvgIpc) is 2.83. The highest BCUT2D eigenvalue weighted by atomic mass is 79.9. The van der Waals surface area contributed by atoms with Crippen LogP contribution in [0.3, 0.4) is 0 Å². The maximum absolute atomic E-state index is 12.1. The molecule has 0 radical (unpaired) electrons. The van der Waals surface area contributed by atoms with Gasteiger partial charge in [-0.05, 0) is 39.5 Å². The molecule has 5 heteroatoms. The summed E-state index contributed by atoms with van der Waals surface area (Å²) in [6.45, 7) is 0. The van der Waals surface area contributed by atoms with Gasteiger partial charge in [0.1, 0.15) is 5.25 Å². The van der Waals surface area contributed by atoms with Crippen molar-refractivity contribution in [3.05, 3.63) is 45.1 Å². The van der Waals surface area contributed by atoms with Crippen LogP contribution in [-0.2, 0) is 4.79 Å². The van der Waals surface area contributed by atoms with Crippen LogP contribution in [0.1, 0.15) is 10.1 Å². The molecule has 1 aliphatic rings. The van der Waals surface area contributed by atoms with Crippen LogP contribution in [0.2, 0.25) is 0 Å². The van der Waals surface area contributed by atoms with Crippen molar-refractivity contribution >= 4 is 50.6 Å². The Bertz CT molecular complexity index is 568. The Balaban J connectivity index is 2.01. The highest BCUT2D eigenvalue weighted by Crippen LogP contribution is 2.47. The lowest BCUT2D eigenvalue weighted by atomic mass is 10.2. The van der Waals surface area contributed by atoms with Crippen LogP contribution >= 0.6 is 39.0 Å². The molecule has 0 bridgehead atoms. The number of anilines is 1. The van der Waals surface area contributed by atoms with Crippen molar-refractivity contribution in [2.24, 2.45) is 0 Å². The van der Waals surface area contributed by atoms with Crippen molar-refractivity contribution in [3.63, 3.8) is 0 Å². The van der Waals surface area contributed by atoms with Gasteiger partial charge in [-0.2, -0.15) is 0 Å². The van der Waals surface area contributed by atoms with E-state index in [-0.39, 0.29) is 11.2 Å². The molecule has 0 saturated heterocycles. The van der Waals surface area contributed by atoms with Crippen molar-refractivity contribution in [1.29, 1.82) is 0 Å². The fraction of sp³-hybridized carbons (Fsp3) is 0.0833. The zero-order valence-corrected chi connectivity index (χ0v) is 11.9. The number of hydrogen-bond donors (Lipinski definition) is 1. The van der Waals surface area contributed by atoms with Gasteiger partial charge in [-0.1, -0.05) is 12.1 Å². The van der Waals surface area contributed by atoms with Crippen LogP contribution in [-0.4, -0.2) is 5.91 Å². The van der Waals surface area contributed by atoms with E-state index in [0.717, 1.165) is 19.9 Å². The van der Waals surface area contributed by atoms with Gasteiger partial charge in [-0.3, -0.25) is 4.79 Å². The molecule has 1 unspecified atom stereocenters. The van der Waals surface area contributed by atoms with Crippen LogP contribution in [0.15, 0.2) is 45.1 Å². The predicted octanol–water partition coefficient (Wildman–Crippen LogP) is 4.30. The van der Waals surface area contributed by atoms with Gasteiger partial charge in [0.2, 0.25) is 5.91 Å². The quantitative estimate of drug-likeness (QED) is 0.847. The number of hydrogen-bond acceptors (Lipinski definition) is 3. The molecule has 3 rings (SSSR count). The number of fused-ring (bicyclic) bond motifs is 1. The topological polar surface area (TPSA) is 29.1 Å². The number of benzene rings is 1. The summed E-state index contributed by atoms with van der Waals surface area (Å²) in [5, 5.41) is 4.84. The molecule has 2 nitrogen and oxygen atoms in total. The van der Waals surface area contributed by atoms with Crippen LogP contribution in [0.25, 0.3) is 0 Å². The zero-order chi connectivity index (χ0) is 11.8. The molecular formula is C12H8BrNOS2. The SMILES string of the molecule is O=C1Nc2c(Br)cccc2SC1c1cccs1. The molecule has 1 aliphatic heterocycles. The van der Waals surface area contributed by atoms with Crippen molar-refractivity contribution in [2.45, 2.75) is 10.1 Å². The summed E-state index contributed by atoms with van der Waals surface area (Å²) < 4.78 is 0.931. The van der Waals surface area contributed by atoms with E-state index in [1.807, 2.05) is 35.7 Å². The number of thioether (sulfide) groups is 1. The number of carbonyl (C=O) groups excluding carboxylic acids is 1. The summed E-state index contributed by atoms with van der Waals surface area (Å²) >= 11 is 6.68. The highest BCUT2D eigenvalue weighted by molar-refractivity contribution is 9.10. The number of amides is 1. The van der Waals surface area contributed by atoms with E-state index < -0.39 is 0 Å². The van der Waals surface area contributed by atoms with Gasteiger partial charge in [0.05, 0.1) is 5.69 Å². The van der Waals surface area contributed by atoms with Gasteiger partial charge in [0.25, 0.3) is 0 Å². The van der Waals surface area contributed by atoms with E-state index >= 15 is 0 Å². The van der Waals surface area contributed by atoms with E-state index in [1.54, 1.807) is 23.1 Å². The number of para-hydroxylation sites is 1. The summed E-state index contributed by atoms with van der Waals surface area (Å²) in [5.74, 6) is 0.0526. The van der Waals surface area contributed by atoms with Gasteiger partial charge in [0.15, 0.2) is 0 Å². The Morgan fingerprint density at radius 1 is 1.24 bits per heavy atom. The maximum atomic E-state index is 12.1. The molecule has 1 atom stereocenters. The second-order valence-electron chi connectivity index (χ2n) is 3.62. The Hall–Kier alpha value is -0.780. The molecule has 1 aromatic carbocycles. The van der Waals surface area contributed by atoms with E-state index in [2.05, 4.69) is 21.2 Å². The highest BCUT2D eigenvalue weighted by Gasteiger charge is 2.29. The molecular weight excluding hydrogens is 318 g/mol. The molecule has 0 saturated carbocycles. The third-order valence-electron chi connectivity index (χ3n) is 2.51. The fourth-order valence-corrected chi connectivity index (χ4v) is 4.38. The molecule has 0 fully saturated rings. The van der Waals surface area contributed by atoms with E-state index in [9.17, 15) is 4.79 Å². The number of nitrogens with one attached hydrogen (secondary N) is 1. The number of halogens is 1. The molecule has 0 aliphatic carbocycles. The Morgan fingerprint density at radius 2 is 2.12 bits per heavy atom. The summed E-state index contributed by atoms with van der Waals surface area (Å²) in [4.78, 5) is 14.3. The first-order chi connectivity index (χ1) is 8.25. The Labute approximate surface area is 116 Å². The van der Waals surface area contributed by atoms with E-state index in [4.69, 9.17) is 0 Å². The first kappa shape index (κ1) is 11.3. The molecule has 17 heavy (non-hydrogen) atoms. The van der Waals surface area contributed by atoms with Crippen molar-refractivity contribution in [3.8, 4) is 0 Å². The minimum atomic E-state index is -0.128. The lowest BCUT2D eigenvalue weighted by Gasteiger charge is -2.24. The lowest BCUT2D eigenvalue weighted by molar-refractivity contribution is -0.115. The molecule has 2 heterocycles. The fourth-order valence-electron chi connectivity index (χ4n) is 1.72.